The van der Waals surface area contributed by atoms with Crippen molar-refractivity contribution >= 4 is 11.6 Å². The van der Waals surface area contributed by atoms with E-state index in [1.165, 1.54) is 0 Å². The van der Waals surface area contributed by atoms with Crippen molar-refractivity contribution < 1.29 is 14.3 Å². The number of carbonyl (C=O) groups excluding carboxylic acids is 1. The first-order valence-electron chi connectivity index (χ1n) is 7.08. The summed E-state index contributed by atoms with van der Waals surface area (Å²) in [6.45, 7) is 0.491. The van der Waals surface area contributed by atoms with Crippen LogP contribution < -0.4 is 14.9 Å². The zero-order chi connectivity index (χ0) is 15.2. The quantitative estimate of drug-likeness (QED) is 0.881. The summed E-state index contributed by atoms with van der Waals surface area (Å²) >= 11 is 0. The van der Waals surface area contributed by atoms with Gasteiger partial charge >= 0.3 is 0 Å². The lowest BCUT2D eigenvalue weighted by atomic mass is 10.0. The van der Waals surface area contributed by atoms with Crippen LogP contribution in [0.4, 0.5) is 0 Å². The number of hydrazone groups is 1. The molecule has 0 unspecified atom stereocenters. The molecule has 0 bridgehead atoms. The summed E-state index contributed by atoms with van der Waals surface area (Å²) in [6, 6.07) is 16.9. The van der Waals surface area contributed by atoms with E-state index in [1.807, 2.05) is 42.5 Å². The maximum atomic E-state index is 11.8. The van der Waals surface area contributed by atoms with Crippen molar-refractivity contribution in [3.8, 4) is 11.5 Å². The topological polar surface area (TPSA) is 59.9 Å². The third kappa shape index (κ3) is 3.44. The van der Waals surface area contributed by atoms with Crippen LogP contribution in [-0.4, -0.2) is 24.8 Å². The van der Waals surface area contributed by atoms with E-state index in [1.54, 1.807) is 12.1 Å². The molecule has 2 aromatic carbocycles. The lowest BCUT2D eigenvalue weighted by Gasteiger charge is -2.18. The first-order valence-corrected chi connectivity index (χ1v) is 7.08. The second-order valence-corrected chi connectivity index (χ2v) is 4.79. The normalized spacial score (nSPS) is 14.8. The van der Waals surface area contributed by atoms with Gasteiger partial charge in [0.1, 0.15) is 11.5 Å². The Balaban J connectivity index is 1.59. The van der Waals surface area contributed by atoms with Gasteiger partial charge in [-0.2, -0.15) is 5.10 Å². The molecular formula is C17H16N2O3. The lowest BCUT2D eigenvalue weighted by molar-refractivity contribution is -0.123. The van der Waals surface area contributed by atoms with Crippen LogP contribution in [0.1, 0.15) is 12.0 Å². The predicted molar refractivity (Wildman–Crippen MR) is 83.2 cm³/mol. The number of para-hydroxylation sites is 2. The average Bonchev–Trinajstić information content (AvgIpc) is 2.59. The highest BCUT2D eigenvalue weighted by Crippen LogP contribution is 2.24. The maximum absolute atomic E-state index is 11.8. The number of benzene rings is 2. The van der Waals surface area contributed by atoms with Gasteiger partial charge in [-0.25, -0.2) is 5.43 Å². The van der Waals surface area contributed by atoms with Crippen LogP contribution in [0.15, 0.2) is 59.7 Å². The Morgan fingerprint density at radius 3 is 2.77 bits per heavy atom. The number of carbonyl (C=O) groups is 1. The molecule has 3 rings (SSSR count). The molecule has 1 aliphatic heterocycles. The molecular weight excluding hydrogens is 280 g/mol. The van der Waals surface area contributed by atoms with Gasteiger partial charge in [0, 0.05) is 12.0 Å². The van der Waals surface area contributed by atoms with Crippen LogP contribution in [-0.2, 0) is 4.79 Å². The van der Waals surface area contributed by atoms with E-state index in [-0.39, 0.29) is 12.5 Å². The molecule has 0 radical (unpaired) electrons. The Labute approximate surface area is 128 Å². The minimum atomic E-state index is -0.291. The molecule has 0 fully saturated rings. The van der Waals surface area contributed by atoms with E-state index >= 15 is 0 Å². The molecule has 0 aromatic heterocycles. The summed E-state index contributed by atoms with van der Waals surface area (Å²) in [5.74, 6) is 1.16. The summed E-state index contributed by atoms with van der Waals surface area (Å²) in [7, 11) is 0. The van der Waals surface area contributed by atoms with E-state index in [9.17, 15) is 4.79 Å². The molecule has 1 N–H and O–H groups in total. The molecule has 5 heteroatoms. The number of nitrogens with one attached hydrogen (secondary N) is 1. The standard InChI is InChI=1S/C17H16N2O3/c20-17(12-22-13-6-2-1-3-7-13)19-18-15-10-11-21-16-9-5-4-8-14(15)16/h1-9H,10-12H2,(H,19,20)/b18-15+. The van der Waals surface area contributed by atoms with Crippen LogP contribution in [0.2, 0.25) is 0 Å². The molecule has 2 aromatic rings. The van der Waals surface area contributed by atoms with Gasteiger partial charge in [-0.1, -0.05) is 30.3 Å². The molecule has 0 aliphatic carbocycles. The first-order chi connectivity index (χ1) is 10.8. The van der Waals surface area contributed by atoms with Crippen LogP contribution in [0.5, 0.6) is 11.5 Å². The van der Waals surface area contributed by atoms with Gasteiger partial charge in [-0.05, 0) is 24.3 Å². The summed E-state index contributed by atoms with van der Waals surface area (Å²) in [4.78, 5) is 11.8. The summed E-state index contributed by atoms with van der Waals surface area (Å²) < 4.78 is 10.9. The minimum absolute atomic E-state index is 0.0705. The number of hydrogen-bond donors (Lipinski definition) is 1. The van der Waals surface area contributed by atoms with Crippen LogP contribution in [0.25, 0.3) is 0 Å². The zero-order valence-corrected chi connectivity index (χ0v) is 12.0. The first kappa shape index (κ1) is 14.1. The smallest absolute Gasteiger partial charge is 0.277 e. The molecule has 1 amide bonds. The molecule has 0 saturated heterocycles. The fraction of sp³-hybridized carbons (Fsp3) is 0.176. The number of amides is 1. The third-order valence-corrected chi connectivity index (χ3v) is 3.22. The molecule has 5 nitrogen and oxygen atoms in total. The number of hydrogen-bond acceptors (Lipinski definition) is 4. The monoisotopic (exact) mass is 296 g/mol. The van der Waals surface area contributed by atoms with Gasteiger partial charge in [0.15, 0.2) is 6.61 Å². The Morgan fingerprint density at radius 1 is 1.14 bits per heavy atom. The highest BCUT2D eigenvalue weighted by molar-refractivity contribution is 6.04. The fourth-order valence-corrected chi connectivity index (χ4v) is 2.17. The highest BCUT2D eigenvalue weighted by Gasteiger charge is 2.16. The van der Waals surface area contributed by atoms with Gasteiger partial charge in [-0.15, -0.1) is 0 Å². The van der Waals surface area contributed by atoms with Gasteiger partial charge in [0.25, 0.3) is 5.91 Å². The van der Waals surface area contributed by atoms with Gasteiger partial charge in [-0.3, -0.25) is 4.79 Å². The number of ether oxygens (including phenoxy) is 2. The summed E-state index contributed by atoms with van der Waals surface area (Å²) in [5.41, 5.74) is 4.26. The Bertz CT molecular complexity index is 683. The highest BCUT2D eigenvalue weighted by atomic mass is 16.5. The van der Waals surface area contributed by atoms with Crippen molar-refractivity contribution in [2.45, 2.75) is 6.42 Å². The van der Waals surface area contributed by atoms with Crippen molar-refractivity contribution in [1.29, 1.82) is 0 Å². The third-order valence-electron chi connectivity index (χ3n) is 3.22. The molecule has 22 heavy (non-hydrogen) atoms. The zero-order valence-electron chi connectivity index (χ0n) is 12.0. The second kappa shape index (κ2) is 6.76. The largest absolute Gasteiger partial charge is 0.492 e. The Hall–Kier alpha value is -2.82. The van der Waals surface area contributed by atoms with E-state index in [0.29, 0.717) is 18.8 Å². The molecule has 1 heterocycles. The number of nitrogens with zero attached hydrogens (tertiary/aromatic N) is 1. The van der Waals surface area contributed by atoms with Crippen molar-refractivity contribution in [2.75, 3.05) is 13.2 Å². The van der Waals surface area contributed by atoms with Gasteiger partial charge < -0.3 is 9.47 Å². The number of fused-ring (bicyclic) bond motifs is 1. The van der Waals surface area contributed by atoms with E-state index in [4.69, 9.17) is 9.47 Å². The Morgan fingerprint density at radius 2 is 1.91 bits per heavy atom. The molecule has 0 saturated carbocycles. The minimum Gasteiger partial charge on any atom is -0.492 e. The van der Waals surface area contributed by atoms with Crippen molar-refractivity contribution in [3.05, 3.63) is 60.2 Å². The predicted octanol–water partition coefficient (Wildman–Crippen LogP) is 2.37. The van der Waals surface area contributed by atoms with Crippen LogP contribution in [0, 0.1) is 0 Å². The molecule has 1 aliphatic rings. The van der Waals surface area contributed by atoms with E-state index < -0.39 is 0 Å². The SMILES string of the molecule is O=C(COc1ccccc1)N/N=C1\CCOc2ccccc21. The van der Waals surface area contributed by atoms with Gasteiger partial charge in [0.2, 0.25) is 0 Å². The summed E-state index contributed by atoms with van der Waals surface area (Å²) in [6.07, 6.45) is 0.664. The average molecular weight is 296 g/mol. The fourth-order valence-electron chi connectivity index (χ4n) is 2.17. The van der Waals surface area contributed by atoms with E-state index in [0.717, 1.165) is 17.0 Å². The molecule has 0 atom stereocenters. The lowest BCUT2D eigenvalue weighted by Crippen LogP contribution is -2.27. The molecule has 112 valence electrons. The van der Waals surface area contributed by atoms with Crippen molar-refractivity contribution in [1.82, 2.24) is 5.43 Å². The van der Waals surface area contributed by atoms with Gasteiger partial charge in [0.05, 0.1) is 12.3 Å². The Kier molecular flexibility index (Phi) is 4.34. The second-order valence-electron chi connectivity index (χ2n) is 4.79. The van der Waals surface area contributed by atoms with Crippen molar-refractivity contribution in [3.63, 3.8) is 0 Å². The molecule has 0 spiro atoms. The summed E-state index contributed by atoms with van der Waals surface area (Å²) in [5, 5.41) is 4.19. The van der Waals surface area contributed by atoms with Crippen LogP contribution in [0.3, 0.4) is 0 Å². The maximum Gasteiger partial charge on any atom is 0.277 e. The van der Waals surface area contributed by atoms with Crippen molar-refractivity contribution in [2.24, 2.45) is 5.10 Å². The number of rotatable bonds is 4. The van der Waals surface area contributed by atoms with Crippen LogP contribution >= 0.6 is 0 Å². The van der Waals surface area contributed by atoms with E-state index in [2.05, 4.69) is 10.5 Å².